The minimum Gasteiger partial charge on any atom is -0.393 e. The van der Waals surface area contributed by atoms with Crippen LogP contribution in [-0.4, -0.2) is 35.1 Å². The van der Waals surface area contributed by atoms with Crippen molar-refractivity contribution < 1.29 is 14.9 Å². The largest absolute Gasteiger partial charge is 0.393 e. The molecule has 0 aliphatic rings. The van der Waals surface area contributed by atoms with Crippen molar-refractivity contribution >= 4 is 0 Å². The second kappa shape index (κ2) is 6.35. The van der Waals surface area contributed by atoms with Crippen LogP contribution in [0.2, 0.25) is 0 Å². The molecular weight excluding hydrogens is 168 g/mol. The Bertz CT molecular complexity index is 123. The van der Waals surface area contributed by atoms with Crippen molar-refractivity contribution in [2.45, 2.75) is 52.4 Å². The summed E-state index contributed by atoms with van der Waals surface area (Å²) < 4.78 is 5.25. The molecule has 0 fully saturated rings. The summed E-state index contributed by atoms with van der Waals surface area (Å²) in [6, 6.07) is 0. The topological polar surface area (TPSA) is 49.7 Å². The molecule has 80 valence electrons. The molecule has 0 saturated heterocycles. The zero-order valence-corrected chi connectivity index (χ0v) is 9.03. The second-order valence-corrected chi connectivity index (χ2v) is 3.99. The molecule has 3 atom stereocenters. The van der Waals surface area contributed by atoms with Gasteiger partial charge in [0.1, 0.15) is 0 Å². The van der Waals surface area contributed by atoms with Crippen LogP contribution in [0.1, 0.15) is 34.1 Å². The minimum absolute atomic E-state index is 0.116. The first-order valence-electron chi connectivity index (χ1n) is 4.91. The number of aliphatic hydroxyl groups excluding tert-OH is 2. The smallest absolute Gasteiger partial charge is 0.0777 e. The predicted molar refractivity (Wildman–Crippen MR) is 52.6 cm³/mol. The van der Waals surface area contributed by atoms with Crippen molar-refractivity contribution in [2.75, 3.05) is 6.61 Å². The first-order valence-corrected chi connectivity index (χ1v) is 4.91. The van der Waals surface area contributed by atoms with Gasteiger partial charge in [-0.2, -0.15) is 0 Å². The van der Waals surface area contributed by atoms with Crippen LogP contribution >= 0.6 is 0 Å². The van der Waals surface area contributed by atoms with E-state index in [0.29, 0.717) is 13.0 Å². The maximum absolute atomic E-state index is 9.48. The van der Waals surface area contributed by atoms with Crippen molar-refractivity contribution in [1.82, 2.24) is 0 Å². The van der Waals surface area contributed by atoms with Crippen LogP contribution in [-0.2, 0) is 4.74 Å². The van der Waals surface area contributed by atoms with Crippen LogP contribution in [0.5, 0.6) is 0 Å². The maximum Gasteiger partial charge on any atom is 0.0777 e. The van der Waals surface area contributed by atoms with Gasteiger partial charge in [-0.15, -0.1) is 0 Å². The summed E-state index contributed by atoms with van der Waals surface area (Å²) in [5.74, 6) is 0.116. The highest BCUT2D eigenvalue weighted by Crippen LogP contribution is 2.11. The van der Waals surface area contributed by atoms with E-state index in [1.165, 1.54) is 0 Å². The third-order valence-electron chi connectivity index (χ3n) is 2.09. The van der Waals surface area contributed by atoms with E-state index in [1.54, 1.807) is 6.92 Å². The molecule has 3 nitrogen and oxygen atoms in total. The standard InChI is InChI=1S/C10H22O3/c1-7(2)13-6-10(12)5-8(3)9(4)11/h7-12H,5-6H2,1-4H3. The normalized spacial score (nSPS) is 18.7. The van der Waals surface area contributed by atoms with Crippen molar-refractivity contribution in [2.24, 2.45) is 5.92 Å². The van der Waals surface area contributed by atoms with E-state index in [2.05, 4.69) is 0 Å². The zero-order valence-electron chi connectivity index (χ0n) is 9.03. The fourth-order valence-corrected chi connectivity index (χ4v) is 0.998. The van der Waals surface area contributed by atoms with E-state index in [1.807, 2.05) is 20.8 Å². The predicted octanol–water partition coefficient (Wildman–Crippen LogP) is 1.18. The summed E-state index contributed by atoms with van der Waals surface area (Å²) in [7, 11) is 0. The van der Waals surface area contributed by atoms with E-state index < -0.39 is 6.10 Å². The molecule has 0 bridgehead atoms. The number of aliphatic hydroxyl groups is 2. The van der Waals surface area contributed by atoms with E-state index >= 15 is 0 Å². The van der Waals surface area contributed by atoms with Gasteiger partial charge in [-0.25, -0.2) is 0 Å². The molecule has 0 aromatic carbocycles. The molecule has 3 unspecified atom stereocenters. The summed E-state index contributed by atoms with van der Waals surface area (Å²) in [5, 5.41) is 18.7. The van der Waals surface area contributed by atoms with Crippen molar-refractivity contribution in [3.63, 3.8) is 0 Å². The van der Waals surface area contributed by atoms with Crippen LogP contribution in [0.25, 0.3) is 0 Å². The summed E-state index contributed by atoms with van der Waals surface area (Å²) in [6.45, 7) is 7.88. The number of hydrogen-bond acceptors (Lipinski definition) is 3. The van der Waals surface area contributed by atoms with Gasteiger partial charge in [-0.1, -0.05) is 6.92 Å². The summed E-state index contributed by atoms with van der Waals surface area (Å²) in [5.41, 5.74) is 0. The highest BCUT2D eigenvalue weighted by atomic mass is 16.5. The third kappa shape index (κ3) is 6.99. The van der Waals surface area contributed by atoms with Gasteiger partial charge >= 0.3 is 0 Å². The molecule has 0 heterocycles. The molecule has 13 heavy (non-hydrogen) atoms. The minimum atomic E-state index is -0.466. The van der Waals surface area contributed by atoms with E-state index in [0.717, 1.165) is 0 Å². The Balaban J connectivity index is 3.55. The molecular formula is C10H22O3. The van der Waals surface area contributed by atoms with Crippen LogP contribution in [0.4, 0.5) is 0 Å². The third-order valence-corrected chi connectivity index (χ3v) is 2.09. The summed E-state index contributed by atoms with van der Waals surface area (Å²) >= 11 is 0. The maximum atomic E-state index is 9.48. The molecule has 0 saturated carbocycles. The van der Waals surface area contributed by atoms with Gasteiger partial charge in [-0.3, -0.25) is 0 Å². The van der Waals surface area contributed by atoms with Gasteiger partial charge < -0.3 is 14.9 Å². The molecule has 0 spiro atoms. The van der Waals surface area contributed by atoms with Gasteiger partial charge in [0.25, 0.3) is 0 Å². The monoisotopic (exact) mass is 190 g/mol. The fourth-order valence-electron chi connectivity index (χ4n) is 0.998. The quantitative estimate of drug-likeness (QED) is 0.661. The number of ether oxygens (including phenoxy) is 1. The molecule has 2 N–H and O–H groups in total. The molecule has 0 aliphatic heterocycles. The van der Waals surface area contributed by atoms with Crippen molar-refractivity contribution in [3.8, 4) is 0 Å². The van der Waals surface area contributed by atoms with Gasteiger partial charge in [0.05, 0.1) is 24.9 Å². The summed E-state index contributed by atoms with van der Waals surface area (Å²) in [6.07, 6.45) is -0.0955. The molecule has 0 aromatic heterocycles. The van der Waals surface area contributed by atoms with Crippen molar-refractivity contribution in [3.05, 3.63) is 0 Å². The van der Waals surface area contributed by atoms with Crippen LogP contribution in [0, 0.1) is 5.92 Å². The lowest BCUT2D eigenvalue weighted by molar-refractivity contribution is -0.0118. The summed E-state index contributed by atoms with van der Waals surface area (Å²) in [4.78, 5) is 0. The molecule has 0 aromatic rings. The fraction of sp³-hybridized carbons (Fsp3) is 1.00. The number of rotatable bonds is 6. The van der Waals surface area contributed by atoms with Crippen LogP contribution < -0.4 is 0 Å². The lowest BCUT2D eigenvalue weighted by Crippen LogP contribution is -2.25. The van der Waals surface area contributed by atoms with Crippen LogP contribution in [0.3, 0.4) is 0 Å². The van der Waals surface area contributed by atoms with Gasteiger partial charge in [0.2, 0.25) is 0 Å². The lowest BCUT2D eigenvalue weighted by Gasteiger charge is -2.19. The van der Waals surface area contributed by atoms with Gasteiger partial charge in [-0.05, 0) is 33.1 Å². The Kier molecular flexibility index (Phi) is 6.29. The SMILES string of the molecule is CC(C)OCC(O)CC(C)C(C)O. The second-order valence-electron chi connectivity index (χ2n) is 3.99. The molecule has 3 heteroatoms. The Hall–Kier alpha value is -0.120. The molecule has 0 rings (SSSR count). The van der Waals surface area contributed by atoms with Crippen molar-refractivity contribution in [1.29, 1.82) is 0 Å². The Morgan fingerprint density at radius 2 is 1.62 bits per heavy atom. The average Bonchev–Trinajstić information content (AvgIpc) is 2.00. The Labute approximate surface area is 80.7 Å². The Morgan fingerprint density at radius 3 is 2.00 bits per heavy atom. The first kappa shape index (κ1) is 12.9. The molecule has 0 amide bonds. The Morgan fingerprint density at radius 1 is 1.08 bits per heavy atom. The molecule has 0 aliphatic carbocycles. The zero-order chi connectivity index (χ0) is 10.4. The highest BCUT2D eigenvalue weighted by molar-refractivity contribution is 4.65. The van der Waals surface area contributed by atoms with Gasteiger partial charge in [0, 0.05) is 0 Å². The van der Waals surface area contributed by atoms with Gasteiger partial charge in [0.15, 0.2) is 0 Å². The van der Waals surface area contributed by atoms with E-state index in [4.69, 9.17) is 4.74 Å². The number of hydrogen-bond donors (Lipinski definition) is 2. The first-order chi connectivity index (χ1) is 5.93. The highest BCUT2D eigenvalue weighted by Gasteiger charge is 2.14. The van der Waals surface area contributed by atoms with E-state index in [9.17, 15) is 10.2 Å². The lowest BCUT2D eigenvalue weighted by atomic mass is 9.99. The van der Waals surface area contributed by atoms with E-state index in [-0.39, 0.29) is 18.1 Å². The molecule has 0 radical (unpaired) electrons. The average molecular weight is 190 g/mol. The van der Waals surface area contributed by atoms with Crippen LogP contribution in [0.15, 0.2) is 0 Å².